The molecule has 4 heterocycles. The fourth-order valence-corrected chi connectivity index (χ4v) is 6.81. The van der Waals surface area contributed by atoms with Gasteiger partial charge >= 0.3 is 7.12 Å². The van der Waals surface area contributed by atoms with Gasteiger partial charge in [0.05, 0.1) is 27.8 Å². The first-order valence-corrected chi connectivity index (χ1v) is 14.3. The number of para-hydroxylation sites is 2. The summed E-state index contributed by atoms with van der Waals surface area (Å²) in [6, 6.07) is 34.8. The third kappa shape index (κ3) is 3.03. The highest BCUT2D eigenvalue weighted by molar-refractivity contribution is 6.66. The predicted molar refractivity (Wildman–Crippen MR) is 170 cm³/mol. The summed E-state index contributed by atoms with van der Waals surface area (Å²) >= 11 is 0. The summed E-state index contributed by atoms with van der Waals surface area (Å²) in [6.45, 7) is 8.36. The average Bonchev–Trinajstić information content (AvgIpc) is 3.67. The maximum absolute atomic E-state index is 6.46. The summed E-state index contributed by atoms with van der Waals surface area (Å²) in [4.78, 5) is 0. The number of nitrogens with zero attached hydrogens (tertiary/aromatic N) is 1. The van der Waals surface area contributed by atoms with Gasteiger partial charge in [0.2, 0.25) is 0 Å². The van der Waals surface area contributed by atoms with E-state index >= 15 is 0 Å². The van der Waals surface area contributed by atoms with Crippen LogP contribution in [0.1, 0.15) is 27.7 Å². The summed E-state index contributed by atoms with van der Waals surface area (Å²) in [5.41, 5.74) is 8.00. The highest BCUT2D eigenvalue weighted by Crippen LogP contribution is 2.41. The monoisotopic (exact) mass is 533 g/mol. The molecule has 4 nitrogen and oxygen atoms in total. The van der Waals surface area contributed by atoms with Gasteiger partial charge in [0, 0.05) is 32.3 Å². The molecule has 0 amide bonds. The average molecular weight is 533 g/mol. The Kier molecular flexibility index (Phi) is 4.39. The summed E-state index contributed by atoms with van der Waals surface area (Å²) in [6.07, 6.45) is 0. The van der Waals surface area contributed by atoms with Crippen LogP contribution in [-0.4, -0.2) is 22.7 Å². The second kappa shape index (κ2) is 7.70. The summed E-state index contributed by atoms with van der Waals surface area (Å²) in [5, 5.41) is 7.28. The van der Waals surface area contributed by atoms with E-state index in [1.54, 1.807) is 0 Å². The zero-order valence-electron chi connectivity index (χ0n) is 23.5. The zero-order valence-corrected chi connectivity index (χ0v) is 23.5. The highest BCUT2D eigenvalue weighted by Gasteiger charge is 2.52. The minimum atomic E-state index is -0.460. The van der Waals surface area contributed by atoms with Crippen molar-refractivity contribution < 1.29 is 13.7 Å². The lowest BCUT2D eigenvalue weighted by molar-refractivity contribution is 0.00578. The van der Waals surface area contributed by atoms with E-state index in [1.807, 2.05) is 12.1 Å². The van der Waals surface area contributed by atoms with Crippen LogP contribution in [0.4, 0.5) is 0 Å². The van der Waals surface area contributed by atoms with Gasteiger partial charge in [-0.1, -0.05) is 60.7 Å². The molecule has 0 N–H and O–H groups in total. The Labute approximate surface area is 237 Å². The van der Waals surface area contributed by atoms with E-state index in [0.717, 1.165) is 33.0 Å². The summed E-state index contributed by atoms with van der Waals surface area (Å²) in [7, 11) is -0.460. The van der Waals surface area contributed by atoms with Crippen LogP contribution >= 0.6 is 0 Å². The van der Waals surface area contributed by atoms with Gasteiger partial charge in [0.15, 0.2) is 0 Å². The molecule has 3 aromatic heterocycles. The Morgan fingerprint density at radius 2 is 1.20 bits per heavy atom. The second-order valence-electron chi connectivity index (χ2n) is 12.4. The Morgan fingerprint density at radius 3 is 2.00 bits per heavy atom. The van der Waals surface area contributed by atoms with Crippen molar-refractivity contribution in [1.82, 2.24) is 4.40 Å². The molecule has 0 spiro atoms. The van der Waals surface area contributed by atoms with Crippen LogP contribution in [0.5, 0.6) is 0 Å². The first-order valence-electron chi connectivity index (χ1n) is 14.3. The third-order valence-corrected chi connectivity index (χ3v) is 9.59. The van der Waals surface area contributed by atoms with Crippen LogP contribution in [0.3, 0.4) is 0 Å². The predicted octanol–water partition coefficient (Wildman–Crippen LogP) is 8.70. The molecule has 1 saturated heterocycles. The SMILES string of the molecule is CC1(C)OB(c2cccc3oc4ccc(-c5ccc6c(c5)c5cccc7c8ccccc8n6c75)cc4c23)OC1(C)C. The molecule has 1 aliphatic heterocycles. The van der Waals surface area contributed by atoms with Crippen molar-refractivity contribution in [2.45, 2.75) is 38.9 Å². The third-order valence-electron chi connectivity index (χ3n) is 9.59. The topological polar surface area (TPSA) is 36.0 Å². The van der Waals surface area contributed by atoms with Crippen molar-refractivity contribution >= 4 is 72.6 Å². The molecule has 41 heavy (non-hydrogen) atoms. The molecule has 5 heteroatoms. The van der Waals surface area contributed by atoms with Gasteiger partial charge in [-0.3, -0.25) is 0 Å². The van der Waals surface area contributed by atoms with Gasteiger partial charge in [-0.15, -0.1) is 0 Å². The molecule has 1 fully saturated rings. The van der Waals surface area contributed by atoms with E-state index in [4.69, 9.17) is 13.7 Å². The van der Waals surface area contributed by atoms with E-state index < -0.39 is 18.3 Å². The van der Waals surface area contributed by atoms with Crippen LogP contribution in [0.15, 0.2) is 101 Å². The molecule has 198 valence electrons. The lowest BCUT2D eigenvalue weighted by Gasteiger charge is -2.32. The van der Waals surface area contributed by atoms with Gasteiger partial charge in [-0.2, -0.15) is 0 Å². The van der Waals surface area contributed by atoms with Gasteiger partial charge in [0.1, 0.15) is 11.2 Å². The van der Waals surface area contributed by atoms with E-state index in [1.165, 1.54) is 43.7 Å². The van der Waals surface area contributed by atoms with Crippen LogP contribution < -0.4 is 5.46 Å². The van der Waals surface area contributed by atoms with Gasteiger partial charge in [-0.25, -0.2) is 0 Å². The molecule has 1 aliphatic rings. The van der Waals surface area contributed by atoms with Crippen LogP contribution in [0.25, 0.3) is 71.2 Å². The first kappa shape index (κ1) is 23.4. The summed E-state index contributed by atoms with van der Waals surface area (Å²) in [5.74, 6) is 0. The normalized spacial score (nSPS) is 16.9. The largest absolute Gasteiger partial charge is 0.495 e. The molecule has 0 radical (unpaired) electrons. The maximum Gasteiger partial charge on any atom is 0.495 e. The Balaban J connectivity index is 1.24. The maximum atomic E-state index is 6.46. The highest BCUT2D eigenvalue weighted by atomic mass is 16.7. The van der Waals surface area contributed by atoms with Crippen molar-refractivity contribution in [2.24, 2.45) is 0 Å². The lowest BCUT2D eigenvalue weighted by Crippen LogP contribution is -2.41. The van der Waals surface area contributed by atoms with E-state index in [2.05, 4.69) is 117 Å². The molecule has 0 bridgehead atoms. The lowest BCUT2D eigenvalue weighted by atomic mass is 9.76. The molecule has 0 saturated carbocycles. The quantitative estimate of drug-likeness (QED) is 0.209. The Bertz CT molecular complexity index is 2330. The van der Waals surface area contributed by atoms with Crippen molar-refractivity contribution in [3.63, 3.8) is 0 Å². The number of fused-ring (bicyclic) bond motifs is 9. The smallest absolute Gasteiger partial charge is 0.456 e. The van der Waals surface area contributed by atoms with Crippen molar-refractivity contribution in [2.75, 3.05) is 0 Å². The Hall–Kier alpha value is -4.32. The van der Waals surface area contributed by atoms with Crippen LogP contribution in [0, 0.1) is 0 Å². The molecule has 0 unspecified atom stereocenters. The molecule has 9 rings (SSSR count). The number of hydrogen-bond acceptors (Lipinski definition) is 3. The van der Waals surface area contributed by atoms with Crippen molar-refractivity contribution in [3.05, 3.63) is 97.1 Å². The molecule has 8 aromatic rings. The molecule has 0 aliphatic carbocycles. The minimum Gasteiger partial charge on any atom is -0.456 e. The van der Waals surface area contributed by atoms with E-state index in [9.17, 15) is 0 Å². The zero-order chi connectivity index (χ0) is 27.7. The second-order valence-corrected chi connectivity index (χ2v) is 12.4. The van der Waals surface area contributed by atoms with E-state index in [-0.39, 0.29) is 0 Å². The minimum absolute atomic E-state index is 0.415. The first-order chi connectivity index (χ1) is 19.8. The molecule has 5 aromatic carbocycles. The van der Waals surface area contributed by atoms with Crippen LogP contribution in [0.2, 0.25) is 0 Å². The molecular weight excluding hydrogens is 505 g/mol. The Morgan fingerprint density at radius 1 is 0.561 bits per heavy atom. The number of benzene rings is 5. The van der Waals surface area contributed by atoms with Crippen molar-refractivity contribution in [1.29, 1.82) is 0 Å². The molecular formula is C36H28BNO3. The number of furan rings is 1. The fourth-order valence-electron chi connectivity index (χ4n) is 6.81. The van der Waals surface area contributed by atoms with Crippen molar-refractivity contribution in [3.8, 4) is 11.1 Å². The van der Waals surface area contributed by atoms with Gasteiger partial charge < -0.3 is 18.1 Å². The van der Waals surface area contributed by atoms with E-state index in [0.29, 0.717) is 0 Å². The molecule has 0 atom stereocenters. The van der Waals surface area contributed by atoms with Crippen LogP contribution in [-0.2, 0) is 9.31 Å². The summed E-state index contributed by atoms with van der Waals surface area (Å²) < 4.78 is 21.7. The number of aromatic nitrogens is 1. The van der Waals surface area contributed by atoms with Gasteiger partial charge in [-0.05, 0) is 80.7 Å². The van der Waals surface area contributed by atoms with Gasteiger partial charge in [0.25, 0.3) is 0 Å². The number of rotatable bonds is 2. The fraction of sp³-hybridized carbons (Fsp3) is 0.167. The standard InChI is InChI=1S/C36H28BNO3/c1-35(2)36(3,4)41-37(40-35)28-12-8-14-32-33(28)27-20-22(16-18-31(27)39-32)21-15-17-30-26(19-21)25-11-7-10-24-23-9-5-6-13-29(23)38(30)34(24)25/h5-20H,1-4H3. The number of hydrogen-bond donors (Lipinski definition) is 0.